The summed E-state index contributed by atoms with van der Waals surface area (Å²) in [5.74, 6) is 3.95. The molecule has 5 atom stereocenters. The van der Waals surface area contributed by atoms with Crippen LogP contribution >= 0.6 is 11.3 Å². The number of carbonyl (C=O) groups is 1. The minimum Gasteiger partial charge on any atom is -0.317 e. The second-order valence-corrected chi connectivity index (χ2v) is 8.81. The van der Waals surface area contributed by atoms with E-state index in [1.165, 1.54) is 24.1 Å². The van der Waals surface area contributed by atoms with Crippen molar-refractivity contribution in [1.29, 1.82) is 0 Å². The Kier molecular flexibility index (Phi) is 1.97. The predicted octanol–water partition coefficient (Wildman–Crippen LogP) is 2.76. The van der Waals surface area contributed by atoms with Crippen LogP contribution in [-0.2, 0) is 4.79 Å². The van der Waals surface area contributed by atoms with Gasteiger partial charge < -0.3 is 4.90 Å². The molecule has 4 aliphatic carbocycles. The van der Waals surface area contributed by atoms with Crippen LogP contribution in [0, 0.1) is 23.7 Å². The van der Waals surface area contributed by atoms with Crippen LogP contribution in [-0.4, -0.2) is 22.4 Å². The van der Waals surface area contributed by atoms with E-state index in [1.807, 2.05) is 0 Å². The van der Waals surface area contributed by atoms with Crippen molar-refractivity contribution in [3.8, 4) is 0 Å². The van der Waals surface area contributed by atoms with Crippen molar-refractivity contribution in [2.24, 2.45) is 23.7 Å². The van der Waals surface area contributed by atoms with E-state index in [0.29, 0.717) is 11.9 Å². The highest BCUT2D eigenvalue weighted by atomic mass is 32.1. The molecular formula is C17H20N2OS. The van der Waals surface area contributed by atoms with E-state index in [0.717, 1.165) is 36.5 Å². The predicted molar refractivity (Wildman–Crippen MR) is 80.6 cm³/mol. The number of carbonyl (C=O) groups excluding carboxylic acids is 1. The van der Waals surface area contributed by atoms with Gasteiger partial charge in [-0.1, -0.05) is 6.07 Å². The summed E-state index contributed by atoms with van der Waals surface area (Å²) < 4.78 is 0. The molecular weight excluding hydrogens is 280 g/mol. The average Bonchev–Trinajstić information content (AvgIpc) is 3.14. The smallest absolute Gasteiger partial charge is 0.244 e. The molecule has 1 saturated heterocycles. The minimum absolute atomic E-state index is 0.162. The van der Waals surface area contributed by atoms with E-state index in [-0.39, 0.29) is 11.7 Å². The van der Waals surface area contributed by atoms with E-state index < -0.39 is 0 Å². The Labute approximate surface area is 128 Å². The second kappa shape index (κ2) is 3.54. The van der Waals surface area contributed by atoms with Gasteiger partial charge in [0.15, 0.2) is 0 Å². The number of hydrogen-bond acceptors (Lipinski definition) is 3. The third-order valence-corrected chi connectivity index (χ3v) is 7.84. The van der Waals surface area contributed by atoms with Crippen LogP contribution in [0.1, 0.15) is 43.1 Å². The van der Waals surface area contributed by atoms with Gasteiger partial charge in [-0.2, -0.15) is 0 Å². The number of amides is 1. The van der Waals surface area contributed by atoms with E-state index >= 15 is 0 Å². The molecule has 6 rings (SSSR count). The average molecular weight is 300 g/mol. The zero-order chi connectivity index (χ0) is 13.8. The van der Waals surface area contributed by atoms with Crippen molar-refractivity contribution in [3.63, 3.8) is 0 Å². The third kappa shape index (κ3) is 1.32. The first kappa shape index (κ1) is 11.7. The highest BCUT2D eigenvalue weighted by Crippen LogP contribution is 2.69. The fraction of sp³-hybridized carbons (Fsp3) is 0.706. The van der Waals surface area contributed by atoms with Gasteiger partial charge in [0.25, 0.3) is 0 Å². The van der Waals surface area contributed by atoms with E-state index in [4.69, 9.17) is 0 Å². The number of nitrogens with one attached hydrogen (secondary N) is 1. The minimum atomic E-state index is -0.176. The molecule has 5 unspecified atom stereocenters. The lowest BCUT2D eigenvalue weighted by Gasteiger charge is -2.26. The number of rotatable bonds is 2. The molecule has 5 fully saturated rings. The molecule has 1 spiro atoms. The summed E-state index contributed by atoms with van der Waals surface area (Å²) in [6.07, 6.45) is 6.54. The highest BCUT2D eigenvalue weighted by Gasteiger charge is 2.72. The summed E-state index contributed by atoms with van der Waals surface area (Å²) in [6, 6.07) is 4.86. The Morgan fingerprint density at radius 1 is 1.24 bits per heavy atom. The van der Waals surface area contributed by atoms with Crippen LogP contribution in [0.25, 0.3) is 0 Å². The molecule has 3 nitrogen and oxygen atoms in total. The molecule has 1 N–H and O–H groups in total. The Hall–Kier alpha value is -0.870. The molecule has 1 amide bonds. The maximum absolute atomic E-state index is 13.0. The molecule has 4 saturated carbocycles. The molecule has 0 aromatic carbocycles. The fourth-order valence-corrected chi connectivity index (χ4v) is 6.63. The van der Waals surface area contributed by atoms with Gasteiger partial charge in [-0.25, -0.2) is 0 Å². The monoisotopic (exact) mass is 300 g/mol. The molecule has 1 aromatic heterocycles. The van der Waals surface area contributed by atoms with Gasteiger partial charge in [0.1, 0.15) is 11.7 Å². The van der Waals surface area contributed by atoms with Gasteiger partial charge in [-0.05, 0) is 67.2 Å². The number of fused-ring (bicyclic) bond motifs is 5. The maximum atomic E-state index is 13.0. The normalized spacial score (nSPS) is 48.2. The standard InChI is InChI=1S/C17H20N2OS/c20-16-17(5-6-17)18-15(11-2-1-7-21-11)19(16)14-12-9-3-4-10(8-9)13(12)14/h1-2,7,9-10,12-15,18H,3-6,8H2. The topological polar surface area (TPSA) is 32.3 Å². The van der Waals surface area contributed by atoms with Crippen LogP contribution in [0.3, 0.4) is 0 Å². The van der Waals surface area contributed by atoms with Gasteiger partial charge in [0.2, 0.25) is 5.91 Å². The largest absolute Gasteiger partial charge is 0.317 e. The van der Waals surface area contributed by atoms with Gasteiger partial charge in [0, 0.05) is 10.9 Å². The number of thiophene rings is 1. The summed E-state index contributed by atoms with van der Waals surface area (Å²) in [6.45, 7) is 0. The van der Waals surface area contributed by atoms with E-state index in [1.54, 1.807) is 11.3 Å². The zero-order valence-corrected chi connectivity index (χ0v) is 12.8. The molecule has 110 valence electrons. The molecule has 2 bridgehead atoms. The van der Waals surface area contributed by atoms with Crippen LogP contribution in [0.4, 0.5) is 0 Å². The van der Waals surface area contributed by atoms with Crippen LogP contribution < -0.4 is 5.32 Å². The summed E-state index contributed by atoms with van der Waals surface area (Å²) >= 11 is 1.79. The molecule has 5 aliphatic rings. The summed E-state index contributed by atoms with van der Waals surface area (Å²) in [5.41, 5.74) is -0.176. The molecule has 1 aromatic rings. The SMILES string of the molecule is O=C1N(C2C3C4CCC(C4)C32)C(c2cccs2)NC12CC2. The molecule has 21 heavy (non-hydrogen) atoms. The first-order valence-electron chi connectivity index (χ1n) is 8.42. The Balaban J connectivity index is 1.38. The van der Waals surface area contributed by atoms with Crippen molar-refractivity contribution < 1.29 is 4.79 Å². The number of nitrogens with zero attached hydrogens (tertiary/aromatic N) is 1. The molecule has 0 radical (unpaired) electrons. The van der Waals surface area contributed by atoms with Crippen molar-refractivity contribution in [1.82, 2.24) is 10.2 Å². The fourth-order valence-electron chi connectivity index (χ4n) is 5.85. The van der Waals surface area contributed by atoms with Gasteiger partial charge in [-0.3, -0.25) is 10.1 Å². The Morgan fingerprint density at radius 2 is 2.00 bits per heavy atom. The quantitative estimate of drug-likeness (QED) is 0.911. The lowest BCUT2D eigenvalue weighted by atomic mass is 10.0. The zero-order valence-electron chi connectivity index (χ0n) is 12.0. The van der Waals surface area contributed by atoms with E-state index in [2.05, 4.69) is 27.7 Å². The summed E-state index contributed by atoms with van der Waals surface area (Å²) in [4.78, 5) is 16.6. The molecule has 1 aliphatic heterocycles. The molecule has 4 heteroatoms. The van der Waals surface area contributed by atoms with Crippen LogP contribution in [0.15, 0.2) is 17.5 Å². The van der Waals surface area contributed by atoms with Gasteiger partial charge in [-0.15, -0.1) is 11.3 Å². The maximum Gasteiger partial charge on any atom is 0.244 e. The summed E-state index contributed by atoms with van der Waals surface area (Å²) in [7, 11) is 0. The van der Waals surface area contributed by atoms with E-state index in [9.17, 15) is 4.79 Å². The van der Waals surface area contributed by atoms with Crippen LogP contribution in [0.5, 0.6) is 0 Å². The number of hydrogen-bond donors (Lipinski definition) is 1. The first-order chi connectivity index (χ1) is 10.3. The van der Waals surface area contributed by atoms with Crippen molar-refractivity contribution >= 4 is 17.2 Å². The summed E-state index contributed by atoms with van der Waals surface area (Å²) in [5, 5.41) is 5.82. The van der Waals surface area contributed by atoms with Crippen molar-refractivity contribution in [2.45, 2.75) is 49.9 Å². The Bertz CT molecular complexity index is 607. The highest BCUT2D eigenvalue weighted by molar-refractivity contribution is 7.10. The first-order valence-corrected chi connectivity index (χ1v) is 9.30. The van der Waals surface area contributed by atoms with Gasteiger partial charge in [0.05, 0.1) is 0 Å². The molecule has 2 heterocycles. The second-order valence-electron chi connectivity index (χ2n) is 7.84. The van der Waals surface area contributed by atoms with Crippen LogP contribution in [0.2, 0.25) is 0 Å². The lowest BCUT2D eigenvalue weighted by Crippen LogP contribution is -2.36. The van der Waals surface area contributed by atoms with Gasteiger partial charge >= 0.3 is 0 Å². The third-order valence-electron chi connectivity index (χ3n) is 6.91. The Morgan fingerprint density at radius 3 is 2.62 bits per heavy atom. The van der Waals surface area contributed by atoms with Crippen molar-refractivity contribution in [2.75, 3.05) is 0 Å². The van der Waals surface area contributed by atoms with Crippen molar-refractivity contribution in [3.05, 3.63) is 22.4 Å². The lowest BCUT2D eigenvalue weighted by molar-refractivity contribution is -0.132.